The fourth-order valence-corrected chi connectivity index (χ4v) is 3.31. The van der Waals surface area contributed by atoms with Crippen LogP contribution in [0.15, 0.2) is 23.1 Å². The lowest BCUT2D eigenvalue weighted by molar-refractivity contribution is -0.137. The number of ether oxygens (including phenoxy) is 1. The monoisotopic (exact) mass is 391 g/mol. The summed E-state index contributed by atoms with van der Waals surface area (Å²) in [6.45, 7) is 4.45. The molecule has 0 aliphatic rings. The molecule has 0 spiro atoms. The normalized spacial score (nSPS) is 12.2. The minimum Gasteiger partial charge on any atom is -0.461 e. The molecule has 0 saturated carbocycles. The van der Waals surface area contributed by atoms with Gasteiger partial charge in [-0.05, 0) is 32.0 Å². The first-order valence-electron chi connectivity index (χ1n) is 7.56. The van der Waals surface area contributed by atoms with Crippen LogP contribution in [0.2, 0.25) is 0 Å². The highest BCUT2D eigenvalue weighted by molar-refractivity contribution is 7.91. The Morgan fingerprint density at radius 3 is 2.46 bits per heavy atom. The third-order valence-corrected chi connectivity index (χ3v) is 5.35. The van der Waals surface area contributed by atoms with Gasteiger partial charge in [-0.2, -0.15) is 13.2 Å². The van der Waals surface area contributed by atoms with Crippen molar-refractivity contribution < 1.29 is 31.1 Å². The maximum Gasteiger partial charge on any atom is 0.416 e. The fourth-order valence-electron chi connectivity index (χ4n) is 2.22. The summed E-state index contributed by atoms with van der Waals surface area (Å²) in [5, 5.41) is 7.36. The number of halogens is 3. The average Bonchev–Trinajstić information content (AvgIpc) is 2.95. The molecule has 2 aromatic rings. The molecule has 1 aromatic carbocycles. The van der Waals surface area contributed by atoms with E-state index < -0.39 is 38.2 Å². The third kappa shape index (κ3) is 3.71. The lowest BCUT2D eigenvalue weighted by atomic mass is 10.2. The molecular formula is C15H16F3N3O4S. The topological polar surface area (TPSA) is 91.2 Å². The van der Waals surface area contributed by atoms with E-state index in [-0.39, 0.29) is 23.7 Å². The van der Waals surface area contributed by atoms with Crippen molar-refractivity contribution in [1.29, 1.82) is 0 Å². The van der Waals surface area contributed by atoms with E-state index >= 15 is 0 Å². The second kappa shape index (κ2) is 7.06. The van der Waals surface area contributed by atoms with Gasteiger partial charge in [0.25, 0.3) is 0 Å². The molecule has 0 unspecified atom stereocenters. The van der Waals surface area contributed by atoms with Crippen LogP contribution in [0.1, 0.15) is 35.6 Å². The highest BCUT2D eigenvalue weighted by Crippen LogP contribution is 2.33. The Kier molecular flexibility index (Phi) is 5.40. The largest absolute Gasteiger partial charge is 0.461 e. The SMILES string of the molecule is CCOC(=O)c1nnn(-c2ccc(C(F)(F)F)cc2S(=O)(=O)CC)c1C. The Bertz CT molecular complexity index is 936. The van der Waals surface area contributed by atoms with E-state index in [2.05, 4.69) is 10.3 Å². The first-order valence-corrected chi connectivity index (χ1v) is 9.22. The van der Waals surface area contributed by atoms with Crippen molar-refractivity contribution in [3.8, 4) is 5.69 Å². The zero-order chi connectivity index (χ0) is 19.7. The van der Waals surface area contributed by atoms with Crippen LogP contribution in [-0.4, -0.2) is 41.7 Å². The van der Waals surface area contributed by atoms with Crippen molar-refractivity contribution in [2.45, 2.75) is 31.8 Å². The van der Waals surface area contributed by atoms with Crippen molar-refractivity contribution in [3.63, 3.8) is 0 Å². The van der Waals surface area contributed by atoms with Gasteiger partial charge in [0.05, 0.1) is 34.2 Å². The van der Waals surface area contributed by atoms with Crippen LogP contribution < -0.4 is 0 Å². The quantitative estimate of drug-likeness (QED) is 0.728. The predicted octanol–water partition coefficient (Wildman–Crippen LogP) is 2.56. The van der Waals surface area contributed by atoms with Gasteiger partial charge in [0.1, 0.15) is 0 Å². The molecule has 0 atom stereocenters. The van der Waals surface area contributed by atoms with Crippen LogP contribution in [0, 0.1) is 6.92 Å². The molecule has 0 radical (unpaired) electrons. The van der Waals surface area contributed by atoms with E-state index in [9.17, 15) is 26.4 Å². The molecular weight excluding hydrogens is 375 g/mol. The zero-order valence-corrected chi connectivity index (χ0v) is 15.0. The minimum absolute atomic E-state index is 0.0981. The molecule has 0 bridgehead atoms. The van der Waals surface area contributed by atoms with Crippen molar-refractivity contribution in [1.82, 2.24) is 15.0 Å². The summed E-state index contributed by atoms with van der Waals surface area (Å²) >= 11 is 0. The van der Waals surface area contributed by atoms with Crippen LogP contribution >= 0.6 is 0 Å². The third-order valence-electron chi connectivity index (χ3n) is 3.59. The summed E-state index contributed by atoms with van der Waals surface area (Å²) in [6.07, 6.45) is -4.70. The minimum atomic E-state index is -4.70. The molecule has 142 valence electrons. The van der Waals surface area contributed by atoms with Crippen LogP contribution in [-0.2, 0) is 20.8 Å². The van der Waals surface area contributed by atoms with Gasteiger partial charge in [-0.15, -0.1) is 5.10 Å². The van der Waals surface area contributed by atoms with Gasteiger partial charge in [0.2, 0.25) is 0 Å². The number of benzene rings is 1. The summed E-state index contributed by atoms with van der Waals surface area (Å²) in [5.41, 5.74) is -1.22. The molecule has 0 aliphatic heterocycles. The number of nitrogens with zero attached hydrogens (tertiary/aromatic N) is 3. The molecule has 0 N–H and O–H groups in total. The molecule has 11 heteroatoms. The summed E-state index contributed by atoms with van der Waals surface area (Å²) < 4.78 is 69.4. The van der Waals surface area contributed by atoms with E-state index in [1.807, 2.05) is 0 Å². The molecule has 2 rings (SSSR count). The number of aromatic nitrogens is 3. The van der Waals surface area contributed by atoms with Crippen LogP contribution in [0.5, 0.6) is 0 Å². The van der Waals surface area contributed by atoms with Crippen molar-refractivity contribution in [3.05, 3.63) is 35.2 Å². The first-order chi connectivity index (χ1) is 12.0. The molecule has 0 aliphatic carbocycles. The highest BCUT2D eigenvalue weighted by Gasteiger charge is 2.33. The zero-order valence-electron chi connectivity index (χ0n) is 14.2. The lowest BCUT2D eigenvalue weighted by Gasteiger charge is -2.14. The van der Waals surface area contributed by atoms with Gasteiger partial charge < -0.3 is 4.74 Å². The average molecular weight is 391 g/mol. The molecule has 0 fully saturated rings. The molecule has 7 nitrogen and oxygen atoms in total. The van der Waals surface area contributed by atoms with Gasteiger partial charge in [-0.3, -0.25) is 0 Å². The van der Waals surface area contributed by atoms with Gasteiger partial charge in [-0.1, -0.05) is 12.1 Å². The van der Waals surface area contributed by atoms with E-state index in [0.717, 1.165) is 16.8 Å². The Morgan fingerprint density at radius 1 is 1.27 bits per heavy atom. The molecule has 0 amide bonds. The molecule has 1 heterocycles. The number of carbonyl (C=O) groups is 1. The van der Waals surface area contributed by atoms with E-state index in [1.54, 1.807) is 6.92 Å². The fraction of sp³-hybridized carbons (Fsp3) is 0.400. The van der Waals surface area contributed by atoms with Crippen LogP contribution in [0.3, 0.4) is 0 Å². The summed E-state index contributed by atoms with van der Waals surface area (Å²) in [6, 6.07) is 2.29. The number of hydrogen-bond acceptors (Lipinski definition) is 6. The van der Waals surface area contributed by atoms with Gasteiger partial charge >= 0.3 is 12.1 Å². The number of carbonyl (C=O) groups excluding carboxylic acids is 1. The van der Waals surface area contributed by atoms with Crippen LogP contribution in [0.25, 0.3) is 5.69 Å². The summed E-state index contributed by atoms with van der Waals surface area (Å²) in [5.74, 6) is -1.16. The van der Waals surface area contributed by atoms with E-state index in [4.69, 9.17) is 4.74 Å². The predicted molar refractivity (Wildman–Crippen MR) is 84.8 cm³/mol. The number of hydrogen-bond donors (Lipinski definition) is 0. The molecule has 0 saturated heterocycles. The van der Waals surface area contributed by atoms with Gasteiger partial charge in [-0.25, -0.2) is 17.9 Å². The first kappa shape index (κ1) is 19.9. The standard InChI is InChI=1S/C15H16F3N3O4S/c1-4-25-14(22)13-9(3)21(20-19-13)11-7-6-10(15(16,17)18)8-12(11)26(23,24)5-2/h6-8H,4-5H2,1-3H3. The molecule has 1 aromatic heterocycles. The number of esters is 1. The number of sulfone groups is 1. The Morgan fingerprint density at radius 2 is 1.92 bits per heavy atom. The lowest BCUT2D eigenvalue weighted by Crippen LogP contribution is -2.14. The Hall–Kier alpha value is -2.43. The summed E-state index contributed by atoms with van der Waals surface area (Å²) in [4.78, 5) is 11.3. The van der Waals surface area contributed by atoms with Crippen molar-refractivity contribution in [2.75, 3.05) is 12.4 Å². The highest BCUT2D eigenvalue weighted by atomic mass is 32.2. The number of rotatable bonds is 5. The van der Waals surface area contributed by atoms with Crippen molar-refractivity contribution >= 4 is 15.8 Å². The maximum atomic E-state index is 13.0. The smallest absolute Gasteiger partial charge is 0.416 e. The van der Waals surface area contributed by atoms with Crippen molar-refractivity contribution in [2.24, 2.45) is 0 Å². The van der Waals surface area contributed by atoms with E-state index in [0.29, 0.717) is 6.07 Å². The molecule has 26 heavy (non-hydrogen) atoms. The van der Waals surface area contributed by atoms with E-state index in [1.165, 1.54) is 13.8 Å². The second-order valence-corrected chi connectivity index (χ2v) is 7.49. The number of alkyl halides is 3. The summed E-state index contributed by atoms with van der Waals surface area (Å²) in [7, 11) is -4.00. The van der Waals surface area contributed by atoms with Crippen LogP contribution in [0.4, 0.5) is 13.2 Å². The Balaban J connectivity index is 2.69. The van der Waals surface area contributed by atoms with Gasteiger partial charge in [0, 0.05) is 0 Å². The Labute approximate surface area is 147 Å². The second-order valence-electron chi connectivity index (χ2n) is 5.24. The van der Waals surface area contributed by atoms with Gasteiger partial charge in [0.15, 0.2) is 15.5 Å². The maximum absolute atomic E-state index is 13.0.